The van der Waals surface area contributed by atoms with Crippen LogP contribution in [0.25, 0.3) is 10.9 Å². The molecule has 0 radical (unpaired) electrons. The van der Waals surface area contributed by atoms with Crippen molar-refractivity contribution in [2.24, 2.45) is 0 Å². The normalized spacial score (nSPS) is 11.2. The van der Waals surface area contributed by atoms with E-state index in [2.05, 4.69) is 49.6 Å². The highest BCUT2D eigenvalue weighted by atomic mass is 15.0. The lowest BCUT2D eigenvalue weighted by Gasteiger charge is -2.06. The number of hydrogen-bond acceptors (Lipinski definition) is 0. The van der Waals surface area contributed by atoms with E-state index >= 15 is 0 Å². The highest BCUT2D eigenvalue weighted by Gasteiger charge is 2.11. The third-order valence-electron chi connectivity index (χ3n) is 3.31. The summed E-state index contributed by atoms with van der Waals surface area (Å²) in [6, 6.07) is 8.80. The number of hydrogen-bond donors (Lipinski definition) is 0. The smallest absolute Gasteiger partial charge is 0.0485 e. The first-order chi connectivity index (χ1) is 7.79. The maximum absolute atomic E-state index is 2.47. The van der Waals surface area contributed by atoms with Crippen LogP contribution in [0.1, 0.15) is 37.9 Å². The summed E-state index contributed by atoms with van der Waals surface area (Å²) >= 11 is 0. The van der Waals surface area contributed by atoms with E-state index < -0.39 is 0 Å². The molecule has 0 spiro atoms. The van der Waals surface area contributed by atoms with Gasteiger partial charge in [0.1, 0.15) is 0 Å². The molecule has 16 heavy (non-hydrogen) atoms. The Morgan fingerprint density at radius 3 is 2.50 bits per heavy atom. The lowest BCUT2D eigenvalue weighted by atomic mass is 10.1. The molecule has 86 valence electrons. The lowest BCUT2D eigenvalue weighted by Crippen LogP contribution is -1.99. The molecule has 0 aliphatic carbocycles. The van der Waals surface area contributed by atoms with Crippen molar-refractivity contribution in [2.45, 2.75) is 46.6 Å². The minimum absolute atomic E-state index is 1.13. The molecular weight excluding hydrogens is 194 g/mol. The highest BCUT2D eigenvalue weighted by molar-refractivity contribution is 5.85. The van der Waals surface area contributed by atoms with Crippen LogP contribution < -0.4 is 0 Å². The molecule has 0 atom stereocenters. The molecule has 0 fully saturated rings. The van der Waals surface area contributed by atoms with Crippen LogP contribution in [-0.4, -0.2) is 4.57 Å². The number of rotatable bonds is 4. The molecule has 0 saturated heterocycles. The summed E-state index contributed by atoms with van der Waals surface area (Å²) in [5.41, 5.74) is 4.42. The standard InChI is InChI=1S/C15H21N/c1-4-8-13-12(3)16(11-5-2)15-10-7-6-9-14(13)15/h6-7,9-10H,4-5,8,11H2,1-3H3. The maximum Gasteiger partial charge on any atom is 0.0485 e. The molecule has 0 aliphatic heterocycles. The van der Waals surface area contributed by atoms with Gasteiger partial charge in [0, 0.05) is 23.1 Å². The maximum atomic E-state index is 2.47. The predicted molar refractivity (Wildman–Crippen MR) is 71.0 cm³/mol. The number of para-hydroxylation sites is 1. The van der Waals surface area contributed by atoms with Gasteiger partial charge in [-0.1, -0.05) is 38.5 Å². The van der Waals surface area contributed by atoms with Gasteiger partial charge in [0.15, 0.2) is 0 Å². The van der Waals surface area contributed by atoms with Crippen molar-refractivity contribution in [1.29, 1.82) is 0 Å². The fourth-order valence-electron chi connectivity index (χ4n) is 2.58. The fourth-order valence-corrected chi connectivity index (χ4v) is 2.58. The zero-order valence-corrected chi connectivity index (χ0v) is 10.6. The van der Waals surface area contributed by atoms with E-state index in [0.717, 1.165) is 6.54 Å². The molecule has 0 N–H and O–H groups in total. The molecule has 0 aliphatic rings. The van der Waals surface area contributed by atoms with Gasteiger partial charge in [-0.05, 0) is 31.4 Å². The first-order valence-electron chi connectivity index (χ1n) is 6.36. The van der Waals surface area contributed by atoms with E-state index in [1.807, 2.05) is 0 Å². The topological polar surface area (TPSA) is 4.93 Å². The van der Waals surface area contributed by atoms with Crippen LogP contribution in [-0.2, 0) is 13.0 Å². The Morgan fingerprint density at radius 1 is 1.06 bits per heavy atom. The second-order valence-corrected chi connectivity index (χ2v) is 4.48. The van der Waals surface area contributed by atoms with Gasteiger partial charge >= 0.3 is 0 Å². The van der Waals surface area contributed by atoms with Gasteiger partial charge in [-0.25, -0.2) is 0 Å². The number of fused-ring (bicyclic) bond motifs is 1. The molecule has 0 amide bonds. The molecule has 0 bridgehead atoms. The van der Waals surface area contributed by atoms with Crippen LogP contribution in [0.5, 0.6) is 0 Å². The van der Waals surface area contributed by atoms with Crippen molar-refractivity contribution in [3.05, 3.63) is 35.5 Å². The molecule has 1 aromatic heterocycles. The summed E-state index contributed by atoms with van der Waals surface area (Å²) in [4.78, 5) is 0. The second-order valence-electron chi connectivity index (χ2n) is 4.48. The number of benzene rings is 1. The summed E-state index contributed by atoms with van der Waals surface area (Å²) in [6.45, 7) is 7.90. The minimum atomic E-state index is 1.13. The van der Waals surface area contributed by atoms with Gasteiger partial charge in [0.25, 0.3) is 0 Å². The monoisotopic (exact) mass is 215 g/mol. The first kappa shape index (κ1) is 11.3. The Kier molecular flexibility index (Phi) is 3.33. The Hall–Kier alpha value is -1.24. The van der Waals surface area contributed by atoms with Crippen LogP contribution in [0.3, 0.4) is 0 Å². The minimum Gasteiger partial charge on any atom is -0.345 e. The number of aromatic nitrogens is 1. The molecule has 0 saturated carbocycles. The van der Waals surface area contributed by atoms with Gasteiger partial charge in [0.05, 0.1) is 0 Å². The van der Waals surface area contributed by atoms with Gasteiger partial charge < -0.3 is 4.57 Å². The van der Waals surface area contributed by atoms with Crippen LogP contribution in [0.2, 0.25) is 0 Å². The molecule has 2 aromatic rings. The Labute approximate surface area is 98.1 Å². The van der Waals surface area contributed by atoms with Crippen molar-refractivity contribution in [2.75, 3.05) is 0 Å². The van der Waals surface area contributed by atoms with Gasteiger partial charge in [-0.15, -0.1) is 0 Å². The van der Waals surface area contributed by atoms with Crippen molar-refractivity contribution >= 4 is 10.9 Å². The average Bonchev–Trinajstić information content (AvgIpc) is 2.56. The Balaban J connectivity index is 2.64. The van der Waals surface area contributed by atoms with E-state index in [1.165, 1.54) is 35.9 Å². The first-order valence-corrected chi connectivity index (χ1v) is 6.36. The van der Waals surface area contributed by atoms with E-state index in [1.54, 1.807) is 5.56 Å². The van der Waals surface area contributed by atoms with Gasteiger partial charge in [0.2, 0.25) is 0 Å². The predicted octanol–water partition coefficient (Wildman–Crippen LogP) is 4.31. The largest absolute Gasteiger partial charge is 0.345 e. The van der Waals surface area contributed by atoms with Crippen molar-refractivity contribution < 1.29 is 0 Å². The van der Waals surface area contributed by atoms with Crippen molar-refractivity contribution in [3.63, 3.8) is 0 Å². The number of nitrogens with zero attached hydrogens (tertiary/aromatic N) is 1. The third kappa shape index (κ3) is 1.75. The summed E-state index contributed by atoms with van der Waals surface area (Å²) in [5, 5.41) is 1.45. The quantitative estimate of drug-likeness (QED) is 0.716. The lowest BCUT2D eigenvalue weighted by molar-refractivity contribution is 0.680. The molecule has 0 unspecified atom stereocenters. The second kappa shape index (κ2) is 4.73. The van der Waals surface area contributed by atoms with Crippen LogP contribution >= 0.6 is 0 Å². The molecule has 2 rings (SSSR count). The summed E-state index contributed by atoms with van der Waals surface area (Å²) in [6.07, 6.45) is 3.62. The van der Waals surface area contributed by atoms with Gasteiger partial charge in [-0.2, -0.15) is 0 Å². The van der Waals surface area contributed by atoms with E-state index in [0.29, 0.717) is 0 Å². The third-order valence-corrected chi connectivity index (χ3v) is 3.31. The number of aryl methyl sites for hydroxylation is 2. The summed E-state index contributed by atoms with van der Waals surface area (Å²) < 4.78 is 2.47. The molecular formula is C15H21N. The van der Waals surface area contributed by atoms with E-state index in [-0.39, 0.29) is 0 Å². The van der Waals surface area contributed by atoms with Crippen LogP contribution in [0.4, 0.5) is 0 Å². The highest BCUT2D eigenvalue weighted by Crippen LogP contribution is 2.27. The summed E-state index contributed by atoms with van der Waals surface area (Å²) in [7, 11) is 0. The van der Waals surface area contributed by atoms with Crippen molar-refractivity contribution in [1.82, 2.24) is 4.57 Å². The van der Waals surface area contributed by atoms with Crippen LogP contribution in [0.15, 0.2) is 24.3 Å². The Bertz CT molecular complexity index is 436. The average molecular weight is 215 g/mol. The molecule has 1 heterocycles. The fraction of sp³-hybridized carbons (Fsp3) is 0.467. The molecule has 1 aromatic carbocycles. The summed E-state index contributed by atoms with van der Waals surface area (Å²) in [5.74, 6) is 0. The molecule has 1 nitrogen and oxygen atoms in total. The molecule has 1 heteroatoms. The Morgan fingerprint density at radius 2 is 1.81 bits per heavy atom. The van der Waals surface area contributed by atoms with Crippen molar-refractivity contribution in [3.8, 4) is 0 Å². The van der Waals surface area contributed by atoms with Crippen LogP contribution in [0, 0.1) is 6.92 Å². The zero-order valence-electron chi connectivity index (χ0n) is 10.6. The zero-order chi connectivity index (χ0) is 11.5. The SMILES string of the molecule is CCCc1c(C)n(CCC)c2ccccc12. The van der Waals surface area contributed by atoms with E-state index in [4.69, 9.17) is 0 Å². The van der Waals surface area contributed by atoms with E-state index in [9.17, 15) is 0 Å². The van der Waals surface area contributed by atoms with Gasteiger partial charge in [-0.3, -0.25) is 0 Å².